The largest absolute Gasteiger partial charge is 0.390 e. The molecule has 4 aliphatic carbocycles. The molecule has 0 heterocycles. The van der Waals surface area contributed by atoms with Crippen LogP contribution in [0.3, 0.4) is 0 Å². The zero-order valence-electron chi connectivity index (χ0n) is 13.5. The van der Waals surface area contributed by atoms with Gasteiger partial charge in [-0.15, -0.1) is 0 Å². The molecule has 0 aromatic heterocycles. The first-order valence-corrected chi connectivity index (χ1v) is 8.98. The van der Waals surface area contributed by atoms with Crippen molar-refractivity contribution in [2.24, 2.45) is 34.5 Å². The van der Waals surface area contributed by atoms with Crippen LogP contribution in [0, 0.1) is 34.5 Å². The Labute approximate surface area is 128 Å². The summed E-state index contributed by atoms with van der Waals surface area (Å²) in [7, 11) is 0. The van der Waals surface area contributed by atoms with E-state index in [0.29, 0.717) is 11.3 Å². The van der Waals surface area contributed by atoms with Crippen LogP contribution >= 0.6 is 0 Å². The lowest BCUT2D eigenvalue weighted by Crippen LogP contribution is -2.53. The van der Waals surface area contributed by atoms with Crippen molar-refractivity contribution in [2.45, 2.75) is 71.0 Å². The van der Waals surface area contributed by atoms with E-state index < -0.39 is 12.2 Å². The van der Waals surface area contributed by atoms with Crippen molar-refractivity contribution in [2.75, 3.05) is 0 Å². The van der Waals surface area contributed by atoms with Crippen LogP contribution in [0.25, 0.3) is 0 Å². The van der Waals surface area contributed by atoms with Gasteiger partial charge in [0.25, 0.3) is 0 Å². The molecule has 0 saturated heterocycles. The van der Waals surface area contributed by atoms with Crippen molar-refractivity contribution in [1.82, 2.24) is 0 Å². The van der Waals surface area contributed by atoms with E-state index in [9.17, 15) is 10.2 Å². The van der Waals surface area contributed by atoms with Crippen molar-refractivity contribution < 1.29 is 10.2 Å². The summed E-state index contributed by atoms with van der Waals surface area (Å²) in [5, 5.41) is 20.7. The standard InChI is InChI=1S/C19H30O2/c1-18-9-4-3-5-12(18)6-7-13-14(18)8-10-19(2)15(13)11-16(20)17(19)21/h3-4,12-17,20-21H,5-11H2,1-2H3/t12?,13-,14+,15+,16?,17?,18+,19+/m1/s1. The predicted molar refractivity (Wildman–Crippen MR) is 83.6 cm³/mol. The molecule has 0 amide bonds. The third-order valence-electron chi connectivity index (χ3n) is 8.18. The van der Waals surface area contributed by atoms with Crippen LogP contribution in [0.5, 0.6) is 0 Å². The highest BCUT2D eigenvalue weighted by Gasteiger charge is 2.61. The second-order valence-corrected chi connectivity index (χ2v) is 8.86. The fourth-order valence-electron chi connectivity index (χ4n) is 6.83. The van der Waals surface area contributed by atoms with Crippen LogP contribution in [-0.2, 0) is 0 Å². The predicted octanol–water partition coefficient (Wildman–Crippen LogP) is 3.53. The maximum Gasteiger partial charge on any atom is 0.0855 e. The number of aliphatic hydroxyl groups is 2. The third-order valence-corrected chi connectivity index (χ3v) is 8.18. The number of allylic oxidation sites excluding steroid dienone is 2. The molecule has 0 spiro atoms. The summed E-state index contributed by atoms with van der Waals surface area (Å²) in [4.78, 5) is 0. The molecular formula is C19H30O2. The van der Waals surface area contributed by atoms with Crippen LogP contribution in [0.4, 0.5) is 0 Å². The molecule has 0 bridgehead atoms. The SMILES string of the molecule is C[C@]12CC=CCC1CC[C@@H]1[C@@H]2CC[C@]2(C)C(O)C(O)C[C@@H]12. The molecule has 0 aromatic carbocycles. The first-order chi connectivity index (χ1) is 9.97. The highest BCUT2D eigenvalue weighted by atomic mass is 16.3. The molecule has 3 unspecified atom stereocenters. The van der Waals surface area contributed by atoms with E-state index >= 15 is 0 Å². The Balaban J connectivity index is 1.67. The molecule has 3 fully saturated rings. The summed E-state index contributed by atoms with van der Waals surface area (Å²) in [6.45, 7) is 4.77. The summed E-state index contributed by atoms with van der Waals surface area (Å²) < 4.78 is 0. The zero-order valence-corrected chi connectivity index (χ0v) is 13.5. The molecule has 0 radical (unpaired) electrons. The topological polar surface area (TPSA) is 40.5 Å². The van der Waals surface area contributed by atoms with Crippen LogP contribution in [0.1, 0.15) is 58.8 Å². The van der Waals surface area contributed by atoms with Gasteiger partial charge in [0.1, 0.15) is 0 Å². The minimum absolute atomic E-state index is 0.0334. The quantitative estimate of drug-likeness (QED) is 0.670. The van der Waals surface area contributed by atoms with Crippen molar-refractivity contribution in [1.29, 1.82) is 0 Å². The maximum absolute atomic E-state index is 10.5. The highest BCUT2D eigenvalue weighted by molar-refractivity contribution is 5.13. The number of rotatable bonds is 0. The second-order valence-electron chi connectivity index (χ2n) is 8.86. The second kappa shape index (κ2) is 4.58. The first-order valence-electron chi connectivity index (χ1n) is 8.98. The van der Waals surface area contributed by atoms with Gasteiger partial charge in [-0.1, -0.05) is 26.0 Å². The fourth-order valence-corrected chi connectivity index (χ4v) is 6.83. The lowest BCUT2D eigenvalue weighted by atomic mass is 9.46. The lowest BCUT2D eigenvalue weighted by Gasteiger charge is -2.59. The summed E-state index contributed by atoms with van der Waals surface area (Å²) in [5.41, 5.74) is 0.436. The Morgan fingerprint density at radius 1 is 0.952 bits per heavy atom. The van der Waals surface area contributed by atoms with Crippen molar-refractivity contribution in [3.63, 3.8) is 0 Å². The Morgan fingerprint density at radius 3 is 2.57 bits per heavy atom. The molecule has 4 rings (SSSR count). The molecule has 0 aromatic rings. The number of hydrogen-bond acceptors (Lipinski definition) is 2. The lowest BCUT2D eigenvalue weighted by molar-refractivity contribution is -0.113. The van der Waals surface area contributed by atoms with Gasteiger partial charge >= 0.3 is 0 Å². The average molecular weight is 290 g/mol. The molecule has 21 heavy (non-hydrogen) atoms. The summed E-state index contributed by atoms with van der Waals surface area (Å²) in [5.74, 6) is 2.93. The summed E-state index contributed by atoms with van der Waals surface area (Å²) >= 11 is 0. The van der Waals surface area contributed by atoms with Gasteiger partial charge in [-0.25, -0.2) is 0 Å². The van der Waals surface area contributed by atoms with Gasteiger partial charge in [0, 0.05) is 0 Å². The number of hydrogen-bond donors (Lipinski definition) is 2. The minimum atomic E-state index is -0.500. The number of fused-ring (bicyclic) bond motifs is 5. The van der Waals surface area contributed by atoms with E-state index in [4.69, 9.17) is 0 Å². The van der Waals surface area contributed by atoms with Gasteiger partial charge in [-0.2, -0.15) is 0 Å². The van der Waals surface area contributed by atoms with Crippen molar-refractivity contribution >= 4 is 0 Å². The average Bonchev–Trinajstić information content (AvgIpc) is 2.70. The Kier molecular flexibility index (Phi) is 3.11. The zero-order chi connectivity index (χ0) is 14.8. The van der Waals surface area contributed by atoms with Gasteiger partial charge in [0.2, 0.25) is 0 Å². The molecule has 3 saturated carbocycles. The number of aliphatic hydroxyl groups excluding tert-OH is 2. The molecule has 4 aliphatic rings. The fraction of sp³-hybridized carbons (Fsp3) is 0.895. The molecule has 0 aliphatic heterocycles. The van der Waals surface area contributed by atoms with E-state index in [1.165, 1.54) is 32.1 Å². The third kappa shape index (κ3) is 1.78. The van der Waals surface area contributed by atoms with Crippen molar-refractivity contribution in [3.8, 4) is 0 Å². The summed E-state index contributed by atoms with van der Waals surface area (Å²) in [6.07, 6.45) is 12.2. The summed E-state index contributed by atoms with van der Waals surface area (Å²) in [6, 6.07) is 0. The van der Waals surface area contributed by atoms with Gasteiger partial charge < -0.3 is 10.2 Å². The molecule has 2 nitrogen and oxygen atoms in total. The van der Waals surface area contributed by atoms with E-state index in [1.54, 1.807) is 0 Å². The Bertz CT molecular complexity index is 458. The molecular weight excluding hydrogens is 260 g/mol. The van der Waals surface area contributed by atoms with Gasteiger partial charge in [-0.05, 0) is 79.4 Å². The first kappa shape index (κ1) is 14.3. The Hall–Kier alpha value is -0.340. The smallest absolute Gasteiger partial charge is 0.0855 e. The monoisotopic (exact) mass is 290 g/mol. The molecule has 2 N–H and O–H groups in total. The van der Waals surface area contributed by atoms with E-state index in [2.05, 4.69) is 26.0 Å². The van der Waals surface area contributed by atoms with Gasteiger partial charge in [0.05, 0.1) is 12.2 Å². The van der Waals surface area contributed by atoms with Gasteiger partial charge in [-0.3, -0.25) is 0 Å². The molecule has 8 atom stereocenters. The van der Waals surface area contributed by atoms with Crippen LogP contribution in [-0.4, -0.2) is 22.4 Å². The van der Waals surface area contributed by atoms with E-state index in [-0.39, 0.29) is 5.41 Å². The van der Waals surface area contributed by atoms with E-state index in [0.717, 1.165) is 30.6 Å². The van der Waals surface area contributed by atoms with Gasteiger partial charge in [0.15, 0.2) is 0 Å². The van der Waals surface area contributed by atoms with Crippen LogP contribution < -0.4 is 0 Å². The van der Waals surface area contributed by atoms with E-state index in [1.807, 2.05) is 0 Å². The maximum atomic E-state index is 10.5. The van der Waals surface area contributed by atoms with Crippen LogP contribution in [0.2, 0.25) is 0 Å². The minimum Gasteiger partial charge on any atom is -0.390 e. The highest BCUT2D eigenvalue weighted by Crippen LogP contribution is 2.65. The van der Waals surface area contributed by atoms with Crippen molar-refractivity contribution in [3.05, 3.63) is 12.2 Å². The normalized spacial score (nSPS) is 59.2. The van der Waals surface area contributed by atoms with Crippen LogP contribution in [0.15, 0.2) is 12.2 Å². The Morgan fingerprint density at radius 2 is 1.76 bits per heavy atom. The molecule has 118 valence electrons. The molecule has 2 heteroatoms.